The molecule has 8 nitrogen and oxygen atoms in total. The number of carbonyl (C=O) groups excluding carboxylic acids is 2. The molecular formula is C26H26N3O5+. The van der Waals surface area contributed by atoms with Crippen LogP contribution < -0.4 is 25.0 Å². The van der Waals surface area contributed by atoms with Gasteiger partial charge in [0.2, 0.25) is 12.3 Å². The van der Waals surface area contributed by atoms with Gasteiger partial charge in [-0.3, -0.25) is 9.59 Å². The molecule has 2 atom stereocenters. The summed E-state index contributed by atoms with van der Waals surface area (Å²) in [7, 11) is 4.73. The summed E-state index contributed by atoms with van der Waals surface area (Å²) in [6, 6.07) is 20.3. The number of nitrogens with one attached hydrogen (secondary N) is 2. The van der Waals surface area contributed by atoms with Gasteiger partial charge in [-0.25, -0.2) is 0 Å². The molecule has 3 aromatic carbocycles. The fourth-order valence-electron chi connectivity index (χ4n) is 3.89. The second-order valence-corrected chi connectivity index (χ2v) is 7.66. The first-order valence-electron chi connectivity index (χ1n) is 10.7. The van der Waals surface area contributed by atoms with Crippen LogP contribution in [-0.2, 0) is 4.79 Å². The lowest BCUT2D eigenvalue weighted by atomic mass is 9.99. The van der Waals surface area contributed by atoms with E-state index in [1.807, 2.05) is 42.5 Å². The minimum atomic E-state index is -0.822. The predicted molar refractivity (Wildman–Crippen MR) is 127 cm³/mol. The zero-order valence-electron chi connectivity index (χ0n) is 19.1. The highest BCUT2D eigenvalue weighted by atomic mass is 16.5. The highest BCUT2D eigenvalue weighted by molar-refractivity contribution is 5.98. The molecule has 174 valence electrons. The highest BCUT2D eigenvalue weighted by Crippen LogP contribution is 2.29. The molecule has 0 spiro atoms. The Balaban J connectivity index is 1.72. The number of hydrazine groups is 1. The second kappa shape index (κ2) is 10.1. The molecule has 1 fully saturated rings. The Morgan fingerprint density at radius 3 is 2.26 bits per heavy atom. The van der Waals surface area contributed by atoms with Gasteiger partial charge in [0.1, 0.15) is 5.75 Å². The highest BCUT2D eigenvalue weighted by Gasteiger charge is 2.47. The Morgan fingerprint density at radius 1 is 0.912 bits per heavy atom. The smallest absolute Gasteiger partial charge is 0.304 e. The minimum absolute atomic E-state index is 0.318. The number of ether oxygens (including phenoxy) is 3. The number of carbonyl (C=O) groups is 2. The maximum absolute atomic E-state index is 13.0. The zero-order chi connectivity index (χ0) is 24.1. The molecule has 0 bridgehead atoms. The standard InChI is InChI=1S/C26H25N3O5/c1-32-20-12-10-18(11-13-20)24-23(27-25(30)19-7-5-4-6-8-19)26(31)28-29(24)16-17-9-14-21(33-2)22(15-17)34-3/h4-16,23-24H,1-3H3,(H-,27,28,30,31)/p+1/b29-16-/t23-,24+/m0/s1. The Labute approximate surface area is 197 Å². The van der Waals surface area contributed by atoms with Gasteiger partial charge in [-0.1, -0.05) is 18.2 Å². The van der Waals surface area contributed by atoms with Gasteiger partial charge >= 0.3 is 5.91 Å². The molecule has 1 aliphatic rings. The van der Waals surface area contributed by atoms with Crippen LogP contribution in [0, 0.1) is 0 Å². The summed E-state index contributed by atoms with van der Waals surface area (Å²) in [6.07, 6.45) is 1.80. The molecule has 8 heteroatoms. The summed E-state index contributed by atoms with van der Waals surface area (Å²) in [5.41, 5.74) is 4.96. The Hall–Kier alpha value is -4.33. The largest absolute Gasteiger partial charge is 0.497 e. The number of benzene rings is 3. The fraction of sp³-hybridized carbons (Fsp3) is 0.192. The van der Waals surface area contributed by atoms with E-state index < -0.39 is 12.1 Å². The molecule has 0 saturated carbocycles. The van der Waals surface area contributed by atoms with Crippen molar-refractivity contribution in [1.29, 1.82) is 0 Å². The van der Waals surface area contributed by atoms with Gasteiger partial charge in [-0.2, -0.15) is 0 Å². The lowest BCUT2D eigenvalue weighted by molar-refractivity contribution is -0.596. The van der Waals surface area contributed by atoms with Crippen LogP contribution in [0.3, 0.4) is 0 Å². The van der Waals surface area contributed by atoms with Gasteiger partial charge in [0.15, 0.2) is 17.5 Å². The van der Waals surface area contributed by atoms with Gasteiger partial charge in [0, 0.05) is 16.7 Å². The number of amides is 2. The van der Waals surface area contributed by atoms with Crippen LogP contribution in [0.4, 0.5) is 0 Å². The van der Waals surface area contributed by atoms with E-state index >= 15 is 0 Å². The average molecular weight is 461 g/mol. The predicted octanol–water partition coefficient (Wildman–Crippen LogP) is 2.73. The van der Waals surface area contributed by atoms with Crippen molar-refractivity contribution in [2.75, 3.05) is 21.3 Å². The van der Waals surface area contributed by atoms with E-state index in [4.69, 9.17) is 14.2 Å². The summed E-state index contributed by atoms with van der Waals surface area (Å²) in [5, 5.41) is 2.89. The third kappa shape index (κ3) is 4.71. The van der Waals surface area contributed by atoms with Crippen LogP contribution >= 0.6 is 0 Å². The van der Waals surface area contributed by atoms with Crippen LogP contribution in [0.5, 0.6) is 17.2 Å². The molecule has 1 heterocycles. The molecule has 3 aromatic rings. The Bertz CT molecular complexity index is 1210. The van der Waals surface area contributed by atoms with E-state index in [-0.39, 0.29) is 11.8 Å². The molecule has 2 N–H and O–H groups in total. The third-order valence-corrected chi connectivity index (χ3v) is 5.61. The lowest BCUT2D eigenvalue weighted by Gasteiger charge is -2.15. The van der Waals surface area contributed by atoms with Gasteiger partial charge in [-0.05, 0) is 54.6 Å². The maximum atomic E-state index is 13.0. The summed E-state index contributed by atoms with van der Waals surface area (Å²) in [5.74, 6) is 1.22. The van der Waals surface area contributed by atoms with Crippen molar-refractivity contribution in [3.63, 3.8) is 0 Å². The molecule has 34 heavy (non-hydrogen) atoms. The number of nitrogens with zero attached hydrogens (tertiary/aromatic N) is 1. The molecule has 0 unspecified atom stereocenters. The van der Waals surface area contributed by atoms with Crippen LogP contribution in [-0.4, -0.2) is 50.1 Å². The number of methoxy groups -OCH3 is 3. The van der Waals surface area contributed by atoms with Gasteiger partial charge in [0.05, 0.1) is 21.3 Å². The summed E-state index contributed by atoms with van der Waals surface area (Å²) in [6.45, 7) is 0. The lowest BCUT2D eigenvalue weighted by Crippen LogP contribution is -2.42. The van der Waals surface area contributed by atoms with Crippen molar-refractivity contribution in [2.45, 2.75) is 12.1 Å². The molecule has 1 aliphatic heterocycles. The van der Waals surface area contributed by atoms with E-state index in [1.165, 1.54) is 0 Å². The van der Waals surface area contributed by atoms with Gasteiger partial charge in [0.25, 0.3) is 5.91 Å². The van der Waals surface area contributed by atoms with E-state index in [9.17, 15) is 9.59 Å². The van der Waals surface area contributed by atoms with E-state index in [0.717, 1.165) is 11.1 Å². The molecule has 0 radical (unpaired) electrons. The van der Waals surface area contributed by atoms with Crippen LogP contribution in [0.2, 0.25) is 0 Å². The zero-order valence-corrected chi connectivity index (χ0v) is 19.1. The maximum Gasteiger partial charge on any atom is 0.304 e. The quantitative estimate of drug-likeness (QED) is 0.530. The summed E-state index contributed by atoms with van der Waals surface area (Å²) >= 11 is 0. The topological polar surface area (TPSA) is 88.9 Å². The minimum Gasteiger partial charge on any atom is -0.497 e. The first-order valence-corrected chi connectivity index (χ1v) is 10.7. The van der Waals surface area contributed by atoms with Crippen molar-refractivity contribution in [1.82, 2.24) is 10.7 Å². The Kier molecular flexibility index (Phi) is 6.77. The average Bonchev–Trinajstić information content (AvgIpc) is 3.18. The Morgan fingerprint density at radius 2 is 1.62 bits per heavy atom. The number of hydrogen-bond acceptors (Lipinski definition) is 5. The van der Waals surface area contributed by atoms with Gasteiger partial charge in [-0.15, -0.1) is 10.1 Å². The van der Waals surface area contributed by atoms with Crippen molar-refractivity contribution in [3.8, 4) is 17.2 Å². The van der Waals surface area contributed by atoms with Gasteiger partial charge < -0.3 is 19.5 Å². The van der Waals surface area contributed by atoms with Crippen molar-refractivity contribution in [3.05, 3.63) is 89.5 Å². The SMILES string of the molecule is COc1ccc([C@@H]2[C@H](NC(=O)c3ccccc3)C(=O)N/[N+]2=C\c2ccc(OC)c(OC)c2)cc1. The van der Waals surface area contributed by atoms with Crippen molar-refractivity contribution in [2.24, 2.45) is 0 Å². The van der Waals surface area contributed by atoms with E-state index in [2.05, 4.69) is 10.7 Å². The third-order valence-electron chi connectivity index (χ3n) is 5.61. The van der Waals surface area contributed by atoms with E-state index in [0.29, 0.717) is 22.8 Å². The first kappa shape index (κ1) is 22.8. The number of hydrazone groups is 1. The second-order valence-electron chi connectivity index (χ2n) is 7.66. The molecule has 0 aromatic heterocycles. The first-order chi connectivity index (χ1) is 16.5. The molecule has 2 amide bonds. The van der Waals surface area contributed by atoms with Crippen molar-refractivity contribution < 1.29 is 28.5 Å². The van der Waals surface area contributed by atoms with Crippen LogP contribution in [0.15, 0.2) is 72.8 Å². The molecular weight excluding hydrogens is 434 g/mol. The van der Waals surface area contributed by atoms with Crippen molar-refractivity contribution >= 4 is 18.0 Å². The van der Waals surface area contributed by atoms with Crippen LogP contribution in [0.25, 0.3) is 0 Å². The monoisotopic (exact) mass is 460 g/mol. The molecule has 4 rings (SSSR count). The molecule has 0 aliphatic carbocycles. The van der Waals surface area contributed by atoms with E-state index in [1.54, 1.807) is 62.6 Å². The normalized spacial score (nSPS) is 18.3. The summed E-state index contributed by atoms with van der Waals surface area (Å²) < 4.78 is 17.7. The number of hydrogen-bond donors (Lipinski definition) is 2. The van der Waals surface area contributed by atoms with Crippen LogP contribution in [0.1, 0.15) is 27.5 Å². The number of rotatable bonds is 7. The summed E-state index contributed by atoms with van der Waals surface area (Å²) in [4.78, 5) is 25.9. The molecule has 1 saturated heterocycles. The fourth-order valence-corrected chi connectivity index (χ4v) is 3.89.